The number of carbonyl (C=O) groups excluding carboxylic acids is 1. The summed E-state index contributed by atoms with van der Waals surface area (Å²) in [4.78, 5) is 20.9. The number of nitrogens with zero attached hydrogens (tertiary/aromatic N) is 2. The van der Waals surface area contributed by atoms with E-state index >= 15 is 0 Å². The maximum absolute atomic E-state index is 12.5. The maximum atomic E-state index is 12.5. The molecule has 1 heterocycles. The fourth-order valence-corrected chi connectivity index (χ4v) is 3.85. The van der Waals surface area contributed by atoms with Gasteiger partial charge in [-0.25, -0.2) is 0 Å². The number of hydrogen-bond donors (Lipinski definition) is 0. The van der Waals surface area contributed by atoms with E-state index in [9.17, 15) is 4.79 Å². The van der Waals surface area contributed by atoms with Crippen molar-refractivity contribution in [3.63, 3.8) is 0 Å². The summed E-state index contributed by atoms with van der Waals surface area (Å²) < 4.78 is 11.4. The molecule has 0 amide bonds. The van der Waals surface area contributed by atoms with Crippen molar-refractivity contribution in [3.8, 4) is 5.75 Å². The molecule has 3 rings (SSSR count). The lowest BCUT2D eigenvalue weighted by molar-refractivity contribution is -0.156. The third-order valence-corrected chi connectivity index (χ3v) is 6.15. The van der Waals surface area contributed by atoms with Crippen LogP contribution in [-0.2, 0) is 29.0 Å². The third kappa shape index (κ3) is 9.51. The Morgan fingerprint density at radius 1 is 0.829 bits per heavy atom. The molecule has 0 N–H and O–H groups in total. The highest BCUT2D eigenvalue weighted by molar-refractivity contribution is 5.75. The second kappa shape index (κ2) is 13.6. The first-order chi connectivity index (χ1) is 16.9. The third-order valence-electron chi connectivity index (χ3n) is 6.15. The molecular formula is C30H38N2O3. The van der Waals surface area contributed by atoms with Crippen molar-refractivity contribution in [3.05, 3.63) is 89.5 Å². The number of carbonyl (C=O) groups is 1. The molecule has 0 spiro atoms. The van der Waals surface area contributed by atoms with Crippen LogP contribution < -0.4 is 4.74 Å². The van der Waals surface area contributed by atoms with Crippen molar-refractivity contribution in [2.24, 2.45) is 5.41 Å². The number of esters is 1. The highest BCUT2D eigenvalue weighted by Gasteiger charge is 2.28. The van der Waals surface area contributed by atoms with Gasteiger partial charge in [-0.2, -0.15) is 0 Å². The van der Waals surface area contributed by atoms with E-state index in [1.807, 2.05) is 20.8 Å². The van der Waals surface area contributed by atoms with Gasteiger partial charge in [-0.1, -0.05) is 42.5 Å². The largest absolute Gasteiger partial charge is 0.494 e. The minimum absolute atomic E-state index is 0.154. The Bertz CT molecular complexity index is 1020. The van der Waals surface area contributed by atoms with Crippen molar-refractivity contribution >= 4 is 5.97 Å². The smallest absolute Gasteiger partial charge is 0.311 e. The zero-order valence-corrected chi connectivity index (χ0v) is 21.3. The molecule has 0 radical (unpaired) electrons. The van der Waals surface area contributed by atoms with Gasteiger partial charge in [0, 0.05) is 6.20 Å². The Morgan fingerprint density at radius 2 is 1.51 bits per heavy atom. The number of aryl methyl sites for hydroxylation is 3. The second-order valence-corrected chi connectivity index (χ2v) is 9.75. The topological polar surface area (TPSA) is 61.3 Å². The van der Waals surface area contributed by atoms with Crippen LogP contribution >= 0.6 is 0 Å². The van der Waals surface area contributed by atoms with Gasteiger partial charge in [-0.05, 0) is 89.0 Å². The Hall–Kier alpha value is -3.21. The Balaban J connectivity index is 1.27. The van der Waals surface area contributed by atoms with Gasteiger partial charge in [0.1, 0.15) is 12.4 Å². The molecule has 5 nitrogen and oxygen atoms in total. The Kier molecular flexibility index (Phi) is 10.3. The van der Waals surface area contributed by atoms with Gasteiger partial charge in [0.15, 0.2) is 0 Å². The highest BCUT2D eigenvalue weighted by atomic mass is 16.5. The average molecular weight is 475 g/mol. The van der Waals surface area contributed by atoms with Crippen LogP contribution in [0.5, 0.6) is 5.75 Å². The molecule has 0 fully saturated rings. The van der Waals surface area contributed by atoms with Gasteiger partial charge < -0.3 is 9.47 Å². The zero-order chi connectivity index (χ0) is 24.9. The minimum Gasteiger partial charge on any atom is -0.494 e. The number of ether oxygens (including phenoxy) is 2. The van der Waals surface area contributed by atoms with E-state index in [1.54, 1.807) is 12.4 Å². The zero-order valence-electron chi connectivity index (χ0n) is 21.3. The SMILES string of the molecule is Cc1cnc(COC(=O)C(C)(C)CCCCOc2ccc(CCCCc3ccccc3)cc2)cn1. The summed E-state index contributed by atoms with van der Waals surface area (Å²) >= 11 is 0. The molecule has 0 aliphatic carbocycles. The van der Waals surface area contributed by atoms with Crippen molar-refractivity contribution in [1.82, 2.24) is 9.97 Å². The highest BCUT2D eigenvalue weighted by Crippen LogP contribution is 2.26. The lowest BCUT2D eigenvalue weighted by Gasteiger charge is -2.22. The molecule has 0 bridgehead atoms. The molecular weight excluding hydrogens is 436 g/mol. The molecule has 5 heteroatoms. The Labute approximate surface area is 209 Å². The predicted octanol–water partition coefficient (Wildman–Crippen LogP) is 6.67. The molecule has 0 unspecified atom stereocenters. The van der Waals surface area contributed by atoms with Gasteiger partial charge in [-0.3, -0.25) is 14.8 Å². The van der Waals surface area contributed by atoms with Crippen LogP contribution in [0, 0.1) is 12.3 Å². The van der Waals surface area contributed by atoms with Crippen molar-refractivity contribution in [2.75, 3.05) is 6.61 Å². The first kappa shape index (κ1) is 26.4. The van der Waals surface area contributed by atoms with Crippen LogP contribution in [0.15, 0.2) is 67.0 Å². The molecule has 0 saturated heterocycles. The maximum Gasteiger partial charge on any atom is 0.311 e. The second-order valence-electron chi connectivity index (χ2n) is 9.75. The molecule has 1 aromatic heterocycles. The minimum atomic E-state index is -0.541. The first-order valence-corrected chi connectivity index (χ1v) is 12.6. The number of benzene rings is 2. The van der Waals surface area contributed by atoms with Gasteiger partial charge >= 0.3 is 5.97 Å². The van der Waals surface area contributed by atoms with Crippen LogP contribution in [-0.4, -0.2) is 22.5 Å². The fourth-order valence-electron chi connectivity index (χ4n) is 3.85. The van der Waals surface area contributed by atoms with E-state index in [0.717, 1.165) is 43.5 Å². The van der Waals surface area contributed by atoms with Crippen LogP contribution in [0.25, 0.3) is 0 Å². The molecule has 2 aromatic carbocycles. The summed E-state index contributed by atoms with van der Waals surface area (Å²) in [5.74, 6) is 0.691. The standard InChI is InChI=1S/C30H38N2O3/c1-24-21-32-27(22-31-24)23-35-29(33)30(2,3)19-9-10-20-34-28-17-15-26(16-18-28)14-8-7-13-25-11-5-4-6-12-25/h4-6,11-12,15-18,21-22H,7-10,13-14,19-20,23H2,1-3H3. The molecule has 3 aromatic rings. The van der Waals surface area contributed by atoms with Crippen LogP contribution in [0.2, 0.25) is 0 Å². The summed E-state index contributed by atoms with van der Waals surface area (Å²) in [5.41, 5.74) is 3.72. The first-order valence-electron chi connectivity index (χ1n) is 12.6. The Morgan fingerprint density at radius 3 is 2.17 bits per heavy atom. The van der Waals surface area contributed by atoms with E-state index in [-0.39, 0.29) is 12.6 Å². The van der Waals surface area contributed by atoms with E-state index in [2.05, 4.69) is 64.6 Å². The molecule has 0 aliphatic heterocycles. The van der Waals surface area contributed by atoms with E-state index < -0.39 is 5.41 Å². The van der Waals surface area contributed by atoms with E-state index in [4.69, 9.17) is 9.47 Å². The van der Waals surface area contributed by atoms with Crippen LogP contribution in [0.1, 0.15) is 68.5 Å². The summed E-state index contributed by atoms with van der Waals surface area (Å²) in [6, 6.07) is 19.1. The number of unbranched alkanes of at least 4 members (excludes halogenated alkanes) is 2. The van der Waals surface area contributed by atoms with E-state index in [0.29, 0.717) is 12.3 Å². The molecule has 35 heavy (non-hydrogen) atoms. The van der Waals surface area contributed by atoms with Crippen molar-refractivity contribution in [1.29, 1.82) is 0 Å². The molecule has 0 saturated carbocycles. The quantitative estimate of drug-likeness (QED) is 0.193. The van der Waals surface area contributed by atoms with Gasteiger partial charge in [0.05, 0.1) is 29.6 Å². The average Bonchev–Trinajstić information content (AvgIpc) is 2.87. The van der Waals surface area contributed by atoms with Crippen LogP contribution in [0.3, 0.4) is 0 Å². The molecule has 0 atom stereocenters. The number of rotatable bonds is 14. The normalized spacial score (nSPS) is 11.3. The van der Waals surface area contributed by atoms with Crippen molar-refractivity contribution in [2.45, 2.75) is 72.3 Å². The van der Waals surface area contributed by atoms with Crippen LogP contribution in [0.4, 0.5) is 0 Å². The van der Waals surface area contributed by atoms with Gasteiger partial charge in [-0.15, -0.1) is 0 Å². The van der Waals surface area contributed by atoms with E-state index in [1.165, 1.54) is 24.0 Å². The summed E-state index contributed by atoms with van der Waals surface area (Å²) in [6.45, 7) is 6.52. The number of aromatic nitrogens is 2. The lowest BCUT2D eigenvalue weighted by atomic mass is 9.87. The summed E-state index contributed by atoms with van der Waals surface area (Å²) in [5, 5.41) is 0. The van der Waals surface area contributed by atoms with Crippen molar-refractivity contribution < 1.29 is 14.3 Å². The fraction of sp³-hybridized carbons (Fsp3) is 0.433. The monoisotopic (exact) mass is 474 g/mol. The molecule has 186 valence electrons. The summed E-state index contributed by atoms with van der Waals surface area (Å²) in [7, 11) is 0. The van der Waals surface area contributed by atoms with Gasteiger partial charge in [0.2, 0.25) is 0 Å². The summed E-state index contributed by atoms with van der Waals surface area (Å²) in [6.07, 6.45) is 10.5. The number of hydrogen-bond acceptors (Lipinski definition) is 5. The molecule has 0 aliphatic rings. The lowest BCUT2D eigenvalue weighted by Crippen LogP contribution is -2.26. The van der Waals surface area contributed by atoms with Gasteiger partial charge in [0.25, 0.3) is 0 Å². The predicted molar refractivity (Wildman–Crippen MR) is 139 cm³/mol.